The molecule has 9 aromatic rings. The second-order valence-electron chi connectivity index (χ2n) is 12.8. The maximum absolute atomic E-state index is 6.89. The van der Waals surface area contributed by atoms with E-state index in [-0.39, 0.29) is 5.41 Å². The number of hydrogen-bond donors (Lipinski definition) is 0. The molecule has 0 atom stereocenters. The Morgan fingerprint density at radius 3 is 2.00 bits per heavy atom. The van der Waals surface area contributed by atoms with Gasteiger partial charge in [-0.25, -0.2) is 15.0 Å². The van der Waals surface area contributed by atoms with E-state index in [0.717, 1.165) is 55.7 Å². The predicted octanol–water partition coefficient (Wildman–Crippen LogP) is 11.6. The lowest BCUT2D eigenvalue weighted by Crippen LogP contribution is -2.24. The third-order valence-corrected chi connectivity index (χ3v) is 10.7. The maximum atomic E-state index is 6.89. The third-order valence-electron chi connectivity index (χ3n) is 9.60. The summed E-state index contributed by atoms with van der Waals surface area (Å²) in [4.78, 5) is 15.1. The summed E-state index contributed by atoms with van der Waals surface area (Å²) in [6.07, 6.45) is 0. The van der Waals surface area contributed by atoms with Gasteiger partial charge in [0.15, 0.2) is 17.5 Å². The molecule has 6 aromatic carbocycles. The highest BCUT2D eigenvalue weighted by molar-refractivity contribution is 7.25. The van der Waals surface area contributed by atoms with Gasteiger partial charge in [0.1, 0.15) is 22.7 Å². The number of hydrogen-bond acceptors (Lipinski definition) is 6. The van der Waals surface area contributed by atoms with Gasteiger partial charge < -0.3 is 9.15 Å². The van der Waals surface area contributed by atoms with E-state index in [9.17, 15) is 0 Å². The molecule has 0 saturated heterocycles. The second-order valence-corrected chi connectivity index (χ2v) is 13.9. The topological polar surface area (TPSA) is 61.0 Å². The molecule has 0 radical (unpaired) electrons. The van der Waals surface area contributed by atoms with Crippen LogP contribution in [0.3, 0.4) is 0 Å². The van der Waals surface area contributed by atoms with Crippen LogP contribution in [0.1, 0.15) is 25.0 Å². The molecular formula is C42H27N3O2S. The first-order valence-electron chi connectivity index (χ1n) is 16.0. The van der Waals surface area contributed by atoms with Crippen LogP contribution in [0.2, 0.25) is 0 Å². The fraction of sp³-hybridized carbons (Fsp3) is 0.0714. The molecule has 5 nitrogen and oxygen atoms in total. The summed E-state index contributed by atoms with van der Waals surface area (Å²) in [5, 5.41) is 4.49. The van der Waals surface area contributed by atoms with Crippen LogP contribution in [0.5, 0.6) is 11.5 Å². The van der Waals surface area contributed by atoms with E-state index in [1.165, 1.54) is 25.7 Å². The lowest BCUT2D eigenvalue weighted by atomic mass is 9.75. The van der Waals surface area contributed by atoms with Crippen molar-refractivity contribution in [3.8, 4) is 45.7 Å². The minimum Gasteiger partial charge on any atom is -0.456 e. The number of furan rings is 1. The normalized spacial score (nSPS) is 13.5. The van der Waals surface area contributed by atoms with Crippen molar-refractivity contribution in [2.24, 2.45) is 0 Å². The zero-order valence-electron chi connectivity index (χ0n) is 26.2. The number of nitrogens with zero attached hydrogens (tertiary/aromatic N) is 3. The van der Waals surface area contributed by atoms with E-state index in [2.05, 4.69) is 80.6 Å². The Balaban J connectivity index is 1.15. The quantitative estimate of drug-likeness (QED) is 0.193. The lowest BCUT2D eigenvalue weighted by molar-refractivity contribution is 0.423. The molecule has 0 fully saturated rings. The summed E-state index contributed by atoms with van der Waals surface area (Å²) in [6, 6.07) is 43.7. The van der Waals surface area contributed by atoms with Gasteiger partial charge >= 0.3 is 0 Å². The molecule has 0 aliphatic carbocycles. The summed E-state index contributed by atoms with van der Waals surface area (Å²) in [7, 11) is 0. The van der Waals surface area contributed by atoms with Crippen molar-refractivity contribution < 1.29 is 9.15 Å². The summed E-state index contributed by atoms with van der Waals surface area (Å²) in [6.45, 7) is 4.55. The number of benzene rings is 6. The Kier molecular flexibility index (Phi) is 5.72. The molecule has 1 aliphatic rings. The van der Waals surface area contributed by atoms with E-state index < -0.39 is 0 Å². The van der Waals surface area contributed by atoms with E-state index in [1.54, 1.807) is 11.3 Å². The standard InChI is InChI=1S/C42H27N3O2S/c1-42(2)30-18-16-26(23-34(30)47-38-31(42)19-21-36-37(38)28-13-7-9-15-35(28)48-36)41-44-39(24-10-4-3-5-11-24)43-40(45-41)25-17-20-33-29(22-25)27-12-6-8-14-32(27)46-33/h3-23H,1-2H3. The van der Waals surface area contributed by atoms with E-state index in [0.29, 0.717) is 17.5 Å². The van der Waals surface area contributed by atoms with Crippen molar-refractivity contribution in [1.82, 2.24) is 15.0 Å². The van der Waals surface area contributed by atoms with Gasteiger partial charge in [0.25, 0.3) is 0 Å². The van der Waals surface area contributed by atoms with E-state index in [4.69, 9.17) is 24.1 Å². The van der Waals surface area contributed by atoms with Crippen LogP contribution in [-0.4, -0.2) is 15.0 Å². The van der Waals surface area contributed by atoms with Crippen molar-refractivity contribution in [3.63, 3.8) is 0 Å². The average Bonchev–Trinajstić information content (AvgIpc) is 3.70. The van der Waals surface area contributed by atoms with Gasteiger partial charge in [-0.2, -0.15) is 0 Å². The SMILES string of the molecule is CC1(C)c2ccc(-c3nc(-c4ccccc4)nc(-c4ccc5oc6ccccc6c5c4)n3)cc2Oc2c1ccc1sc3ccccc3c21. The Morgan fingerprint density at radius 2 is 1.17 bits per heavy atom. The second kappa shape index (κ2) is 10.1. The Labute approximate surface area is 280 Å². The van der Waals surface area contributed by atoms with Crippen molar-refractivity contribution in [2.45, 2.75) is 19.3 Å². The van der Waals surface area contributed by atoms with Gasteiger partial charge in [-0.3, -0.25) is 0 Å². The molecule has 0 unspecified atom stereocenters. The molecule has 0 N–H and O–H groups in total. The largest absolute Gasteiger partial charge is 0.456 e. The molecular weight excluding hydrogens is 611 g/mol. The molecule has 6 heteroatoms. The monoisotopic (exact) mass is 637 g/mol. The summed E-state index contributed by atoms with van der Waals surface area (Å²) < 4.78 is 15.5. The van der Waals surface area contributed by atoms with Crippen LogP contribution in [-0.2, 0) is 5.41 Å². The van der Waals surface area contributed by atoms with Crippen LogP contribution in [0.4, 0.5) is 0 Å². The summed E-state index contributed by atoms with van der Waals surface area (Å²) >= 11 is 1.80. The highest BCUT2D eigenvalue weighted by atomic mass is 32.1. The highest BCUT2D eigenvalue weighted by Crippen LogP contribution is 2.53. The molecule has 0 saturated carbocycles. The number of aromatic nitrogens is 3. The van der Waals surface area contributed by atoms with Gasteiger partial charge in [0.2, 0.25) is 0 Å². The Morgan fingerprint density at radius 1 is 0.521 bits per heavy atom. The minimum absolute atomic E-state index is 0.263. The number of ether oxygens (including phenoxy) is 1. The van der Waals surface area contributed by atoms with Gasteiger partial charge in [-0.15, -0.1) is 11.3 Å². The first kappa shape index (κ1) is 27.3. The Hall–Kier alpha value is -5.85. The van der Waals surface area contributed by atoms with Crippen molar-refractivity contribution in [2.75, 3.05) is 0 Å². The first-order valence-corrected chi connectivity index (χ1v) is 16.8. The molecule has 0 amide bonds. The zero-order chi connectivity index (χ0) is 32.0. The molecule has 0 bridgehead atoms. The summed E-state index contributed by atoms with van der Waals surface area (Å²) in [5.74, 6) is 3.55. The van der Waals surface area contributed by atoms with E-state index in [1.807, 2.05) is 60.7 Å². The van der Waals surface area contributed by atoms with Gasteiger partial charge in [-0.1, -0.05) is 98.8 Å². The number of rotatable bonds is 3. The average molecular weight is 638 g/mol. The Bertz CT molecular complexity index is 2740. The fourth-order valence-electron chi connectivity index (χ4n) is 7.12. The molecule has 0 spiro atoms. The summed E-state index contributed by atoms with van der Waals surface area (Å²) in [5.41, 5.74) is 6.44. The van der Waals surface area contributed by atoms with Crippen LogP contribution in [0, 0.1) is 0 Å². The third kappa shape index (κ3) is 4.06. The maximum Gasteiger partial charge on any atom is 0.164 e. The van der Waals surface area contributed by atoms with Gasteiger partial charge in [0, 0.05) is 64.2 Å². The number of thiophene rings is 1. The predicted molar refractivity (Wildman–Crippen MR) is 195 cm³/mol. The fourth-order valence-corrected chi connectivity index (χ4v) is 8.22. The molecule has 10 rings (SSSR count). The van der Waals surface area contributed by atoms with Gasteiger partial charge in [-0.05, 0) is 42.5 Å². The minimum atomic E-state index is -0.263. The molecule has 48 heavy (non-hydrogen) atoms. The molecule has 1 aliphatic heterocycles. The van der Waals surface area contributed by atoms with Crippen molar-refractivity contribution in [3.05, 3.63) is 139 Å². The van der Waals surface area contributed by atoms with E-state index >= 15 is 0 Å². The first-order chi connectivity index (χ1) is 23.5. The van der Waals surface area contributed by atoms with Crippen LogP contribution >= 0.6 is 11.3 Å². The lowest BCUT2D eigenvalue weighted by Gasteiger charge is -2.35. The molecule has 4 heterocycles. The molecule has 228 valence electrons. The van der Waals surface area contributed by atoms with Crippen LogP contribution in [0.15, 0.2) is 132 Å². The van der Waals surface area contributed by atoms with Crippen LogP contribution < -0.4 is 4.74 Å². The smallest absolute Gasteiger partial charge is 0.164 e. The zero-order valence-corrected chi connectivity index (χ0v) is 27.0. The van der Waals surface area contributed by atoms with Crippen LogP contribution in [0.25, 0.3) is 76.3 Å². The van der Waals surface area contributed by atoms with Gasteiger partial charge in [0.05, 0.1) is 0 Å². The van der Waals surface area contributed by atoms with Crippen molar-refractivity contribution >= 4 is 53.4 Å². The molecule has 3 aromatic heterocycles. The van der Waals surface area contributed by atoms with Crippen molar-refractivity contribution in [1.29, 1.82) is 0 Å². The number of fused-ring (bicyclic) bond motifs is 9. The highest BCUT2D eigenvalue weighted by Gasteiger charge is 2.36. The number of para-hydroxylation sites is 1.